The maximum atomic E-state index is 13.1. The minimum atomic E-state index is 0.0308. The Hall–Kier alpha value is -2.41. The van der Waals surface area contributed by atoms with Crippen molar-refractivity contribution in [1.29, 1.82) is 0 Å². The van der Waals surface area contributed by atoms with Crippen LogP contribution < -0.4 is 10.6 Å². The number of nitrogens with zero attached hydrogens (tertiary/aromatic N) is 5. The van der Waals surface area contributed by atoms with E-state index >= 15 is 0 Å². The minimum Gasteiger partial charge on any atom is -0.311 e. The summed E-state index contributed by atoms with van der Waals surface area (Å²) in [6, 6.07) is 8.60. The number of hydrogen-bond acceptors (Lipinski definition) is 4. The molecule has 0 bridgehead atoms. The zero-order valence-corrected chi connectivity index (χ0v) is 18.5. The van der Waals surface area contributed by atoms with Crippen LogP contribution in [0.5, 0.6) is 0 Å². The number of carbonyl (C=O) groups is 1. The maximum absolute atomic E-state index is 13.1. The van der Waals surface area contributed by atoms with Crippen molar-refractivity contribution in [2.75, 3.05) is 31.1 Å². The lowest BCUT2D eigenvalue weighted by atomic mass is 9.95. The van der Waals surface area contributed by atoms with Gasteiger partial charge in [-0.05, 0) is 63.2 Å². The van der Waals surface area contributed by atoms with Crippen molar-refractivity contribution < 1.29 is 4.79 Å². The molecule has 31 heavy (non-hydrogen) atoms. The van der Waals surface area contributed by atoms with E-state index in [1.807, 2.05) is 15.5 Å². The SMILES string of the molecule is Cn1nc(C2CCN(CC(=O)N3CCCc4ccccc43)CC2)n(C2CCCC2)c1=O. The van der Waals surface area contributed by atoms with Gasteiger partial charge < -0.3 is 4.90 Å². The summed E-state index contributed by atoms with van der Waals surface area (Å²) in [5.41, 5.74) is 2.40. The van der Waals surface area contributed by atoms with Crippen LogP contribution in [0.2, 0.25) is 0 Å². The van der Waals surface area contributed by atoms with Crippen LogP contribution in [0.4, 0.5) is 5.69 Å². The van der Waals surface area contributed by atoms with Crippen LogP contribution in [0.15, 0.2) is 29.1 Å². The summed E-state index contributed by atoms with van der Waals surface area (Å²) in [5.74, 6) is 1.47. The van der Waals surface area contributed by atoms with Crippen molar-refractivity contribution in [2.45, 2.75) is 63.3 Å². The van der Waals surface area contributed by atoms with Crippen LogP contribution in [-0.2, 0) is 18.3 Å². The molecule has 166 valence electrons. The summed E-state index contributed by atoms with van der Waals surface area (Å²) in [5, 5.41) is 4.64. The number of anilines is 1. The van der Waals surface area contributed by atoms with Gasteiger partial charge in [0.05, 0.1) is 6.54 Å². The standard InChI is InChI=1S/C24H33N5O2/c1-26-24(31)29(20-9-3-4-10-20)23(25-26)19-12-15-27(16-13-19)17-22(30)28-14-6-8-18-7-2-5-11-21(18)28/h2,5,7,11,19-20H,3-4,6,8-10,12-17H2,1H3. The largest absolute Gasteiger partial charge is 0.345 e. The van der Waals surface area contributed by atoms with Gasteiger partial charge in [-0.15, -0.1) is 0 Å². The van der Waals surface area contributed by atoms with E-state index in [4.69, 9.17) is 0 Å². The number of aromatic nitrogens is 3. The van der Waals surface area contributed by atoms with E-state index in [-0.39, 0.29) is 11.6 Å². The molecule has 1 saturated heterocycles. The highest BCUT2D eigenvalue weighted by Crippen LogP contribution is 2.34. The maximum Gasteiger partial charge on any atom is 0.345 e. The molecule has 0 spiro atoms. The number of piperidine rings is 1. The number of hydrogen-bond donors (Lipinski definition) is 0. The Morgan fingerprint density at radius 2 is 1.77 bits per heavy atom. The fourth-order valence-electron chi connectivity index (χ4n) is 5.70. The second-order valence-corrected chi connectivity index (χ2v) is 9.40. The Balaban J connectivity index is 1.23. The van der Waals surface area contributed by atoms with E-state index in [9.17, 15) is 9.59 Å². The van der Waals surface area contributed by atoms with Crippen molar-refractivity contribution >= 4 is 11.6 Å². The van der Waals surface area contributed by atoms with Crippen molar-refractivity contribution in [3.8, 4) is 0 Å². The number of likely N-dealkylation sites (tertiary alicyclic amines) is 1. The van der Waals surface area contributed by atoms with Gasteiger partial charge >= 0.3 is 5.69 Å². The van der Waals surface area contributed by atoms with Gasteiger partial charge in [-0.25, -0.2) is 9.48 Å². The van der Waals surface area contributed by atoms with E-state index in [1.165, 1.54) is 23.1 Å². The molecule has 3 aliphatic rings. The number of carbonyl (C=O) groups excluding carboxylic acids is 1. The molecule has 1 aromatic heterocycles. The number of amides is 1. The molecule has 2 fully saturated rings. The molecule has 0 atom stereocenters. The monoisotopic (exact) mass is 423 g/mol. The van der Waals surface area contributed by atoms with E-state index in [0.29, 0.717) is 18.5 Å². The van der Waals surface area contributed by atoms with Gasteiger partial charge in [0, 0.05) is 31.2 Å². The van der Waals surface area contributed by atoms with Crippen LogP contribution in [0.3, 0.4) is 0 Å². The molecule has 1 aromatic carbocycles. The third-order valence-electron chi connectivity index (χ3n) is 7.39. The molecule has 0 radical (unpaired) electrons. The second-order valence-electron chi connectivity index (χ2n) is 9.40. The second kappa shape index (κ2) is 8.61. The molecule has 1 aliphatic carbocycles. The van der Waals surface area contributed by atoms with Crippen molar-refractivity contribution in [1.82, 2.24) is 19.2 Å². The topological polar surface area (TPSA) is 63.4 Å². The number of para-hydroxylation sites is 1. The normalized spacial score (nSPS) is 20.9. The van der Waals surface area contributed by atoms with Gasteiger partial charge in [0.2, 0.25) is 5.91 Å². The van der Waals surface area contributed by atoms with Crippen molar-refractivity contribution in [3.63, 3.8) is 0 Å². The lowest BCUT2D eigenvalue weighted by molar-refractivity contribution is -0.120. The third-order valence-corrected chi connectivity index (χ3v) is 7.39. The van der Waals surface area contributed by atoms with E-state index in [1.54, 1.807) is 7.05 Å². The first-order chi connectivity index (χ1) is 15.1. The summed E-state index contributed by atoms with van der Waals surface area (Å²) in [6.07, 6.45) is 8.56. The summed E-state index contributed by atoms with van der Waals surface area (Å²) in [4.78, 5) is 30.0. The average Bonchev–Trinajstić information content (AvgIpc) is 3.42. The molecule has 0 N–H and O–H groups in total. The first-order valence-electron chi connectivity index (χ1n) is 11.9. The molecule has 5 rings (SSSR count). The predicted octanol–water partition coefficient (Wildman–Crippen LogP) is 2.86. The number of fused-ring (bicyclic) bond motifs is 1. The Morgan fingerprint density at radius 3 is 2.55 bits per heavy atom. The first kappa shape index (κ1) is 20.5. The van der Waals surface area contributed by atoms with Crippen molar-refractivity contribution in [2.24, 2.45) is 7.05 Å². The number of rotatable bonds is 4. The van der Waals surface area contributed by atoms with Crippen LogP contribution in [0, 0.1) is 0 Å². The smallest absolute Gasteiger partial charge is 0.311 e. The lowest BCUT2D eigenvalue weighted by Gasteiger charge is -2.34. The molecular weight excluding hydrogens is 390 g/mol. The highest BCUT2D eigenvalue weighted by Gasteiger charge is 2.31. The average molecular weight is 424 g/mol. The van der Waals surface area contributed by atoms with E-state index in [2.05, 4.69) is 28.2 Å². The van der Waals surface area contributed by atoms with Crippen molar-refractivity contribution in [3.05, 3.63) is 46.1 Å². The Morgan fingerprint density at radius 1 is 1.03 bits per heavy atom. The number of benzene rings is 1. The first-order valence-corrected chi connectivity index (χ1v) is 11.9. The Bertz CT molecular complexity index is 996. The number of aryl methyl sites for hydroxylation is 2. The fraction of sp³-hybridized carbons (Fsp3) is 0.625. The van der Waals surface area contributed by atoms with Crippen LogP contribution in [0.1, 0.15) is 68.3 Å². The third kappa shape index (κ3) is 3.95. The van der Waals surface area contributed by atoms with Gasteiger partial charge in [0.25, 0.3) is 0 Å². The van der Waals surface area contributed by atoms with Crippen LogP contribution >= 0.6 is 0 Å². The van der Waals surface area contributed by atoms with Gasteiger partial charge in [0.1, 0.15) is 5.82 Å². The van der Waals surface area contributed by atoms with Crippen LogP contribution in [0.25, 0.3) is 0 Å². The summed E-state index contributed by atoms with van der Waals surface area (Å²) in [7, 11) is 1.77. The molecule has 0 unspecified atom stereocenters. The van der Waals surface area contributed by atoms with Crippen LogP contribution in [-0.4, -0.2) is 51.3 Å². The predicted molar refractivity (Wildman–Crippen MR) is 121 cm³/mol. The molecular formula is C24H33N5O2. The molecule has 7 heteroatoms. The highest BCUT2D eigenvalue weighted by atomic mass is 16.2. The zero-order chi connectivity index (χ0) is 21.4. The van der Waals surface area contributed by atoms with E-state index in [0.717, 1.165) is 69.7 Å². The van der Waals surface area contributed by atoms with Gasteiger partial charge in [-0.1, -0.05) is 31.0 Å². The Kier molecular flexibility index (Phi) is 5.69. The highest BCUT2D eigenvalue weighted by molar-refractivity contribution is 5.95. The fourth-order valence-corrected chi connectivity index (χ4v) is 5.70. The molecule has 1 saturated carbocycles. The van der Waals surface area contributed by atoms with Gasteiger partial charge in [-0.2, -0.15) is 5.10 Å². The summed E-state index contributed by atoms with van der Waals surface area (Å²) < 4.78 is 3.50. The van der Waals surface area contributed by atoms with Gasteiger partial charge in [-0.3, -0.25) is 14.3 Å². The van der Waals surface area contributed by atoms with Gasteiger partial charge in [0.15, 0.2) is 0 Å². The Labute approximate surface area is 183 Å². The molecule has 3 heterocycles. The molecule has 2 aromatic rings. The summed E-state index contributed by atoms with van der Waals surface area (Å²) in [6.45, 7) is 3.04. The summed E-state index contributed by atoms with van der Waals surface area (Å²) >= 11 is 0. The zero-order valence-electron chi connectivity index (χ0n) is 18.5. The minimum absolute atomic E-state index is 0.0308. The molecule has 2 aliphatic heterocycles. The lowest BCUT2D eigenvalue weighted by Crippen LogP contribution is -2.45. The quantitative estimate of drug-likeness (QED) is 0.759. The molecule has 7 nitrogen and oxygen atoms in total. The molecule has 1 amide bonds. The van der Waals surface area contributed by atoms with E-state index < -0.39 is 0 Å².